The number of halogens is 2. The predicted molar refractivity (Wildman–Crippen MR) is 51.8 cm³/mol. The fourth-order valence-corrected chi connectivity index (χ4v) is 1.72. The average Bonchev–Trinajstić information content (AvgIpc) is 2.57. The monoisotopic (exact) mass is 213 g/mol. The van der Waals surface area contributed by atoms with E-state index in [0.29, 0.717) is 13.0 Å². The zero-order chi connectivity index (χ0) is 10.1. The quantitative estimate of drug-likeness (QED) is 0.761. The molecule has 2 rings (SSSR count). The van der Waals surface area contributed by atoms with E-state index in [1.54, 1.807) is 6.07 Å². The van der Waals surface area contributed by atoms with Crippen molar-refractivity contribution in [2.75, 3.05) is 6.54 Å². The number of amides is 1. The van der Waals surface area contributed by atoms with Crippen LogP contribution in [-0.4, -0.2) is 12.5 Å². The second-order valence-corrected chi connectivity index (χ2v) is 3.79. The van der Waals surface area contributed by atoms with Crippen LogP contribution < -0.4 is 5.32 Å². The number of hydrogen-bond acceptors (Lipinski definition) is 1. The molecule has 1 amide bonds. The summed E-state index contributed by atoms with van der Waals surface area (Å²) in [5, 5.41) is 2.82. The molecule has 1 atom stereocenters. The van der Waals surface area contributed by atoms with Crippen LogP contribution in [0.4, 0.5) is 4.39 Å². The predicted octanol–water partition coefficient (Wildman–Crippen LogP) is 2.08. The average molecular weight is 214 g/mol. The van der Waals surface area contributed by atoms with E-state index >= 15 is 0 Å². The second-order valence-electron chi connectivity index (χ2n) is 3.38. The summed E-state index contributed by atoms with van der Waals surface area (Å²) < 4.78 is 13.1. The smallest absolute Gasteiger partial charge is 0.220 e. The van der Waals surface area contributed by atoms with Gasteiger partial charge in [0, 0.05) is 18.9 Å². The van der Waals surface area contributed by atoms with Gasteiger partial charge in [0.15, 0.2) is 0 Å². The number of carbonyl (C=O) groups is 1. The molecular formula is C10H9ClFNO. The maximum Gasteiger partial charge on any atom is 0.220 e. The van der Waals surface area contributed by atoms with Crippen LogP contribution in [0.3, 0.4) is 0 Å². The van der Waals surface area contributed by atoms with Crippen LogP contribution in [0, 0.1) is 5.82 Å². The molecule has 1 aromatic carbocycles. The van der Waals surface area contributed by atoms with Gasteiger partial charge in [0.05, 0.1) is 5.02 Å². The molecule has 0 spiro atoms. The van der Waals surface area contributed by atoms with E-state index < -0.39 is 5.82 Å². The molecule has 0 aromatic heterocycles. The standard InChI is InChI=1S/C10H9ClFNO/c11-8-2-1-6(3-9(8)12)7-4-10(14)13-5-7/h1-3,7H,4-5H2,(H,13,14)/t7-/m1/s1. The van der Waals surface area contributed by atoms with Crippen LogP contribution >= 0.6 is 11.6 Å². The van der Waals surface area contributed by atoms with Gasteiger partial charge in [0.2, 0.25) is 5.91 Å². The lowest BCUT2D eigenvalue weighted by atomic mass is 9.98. The van der Waals surface area contributed by atoms with E-state index in [9.17, 15) is 9.18 Å². The highest BCUT2D eigenvalue weighted by Crippen LogP contribution is 2.25. The van der Waals surface area contributed by atoms with Gasteiger partial charge in [-0.05, 0) is 17.7 Å². The van der Waals surface area contributed by atoms with Gasteiger partial charge >= 0.3 is 0 Å². The molecule has 1 saturated heterocycles. The molecule has 0 unspecified atom stereocenters. The summed E-state index contributed by atoms with van der Waals surface area (Å²) in [6, 6.07) is 4.68. The first kappa shape index (κ1) is 9.46. The van der Waals surface area contributed by atoms with E-state index in [1.807, 2.05) is 0 Å². The Hall–Kier alpha value is -1.09. The summed E-state index contributed by atoms with van der Waals surface area (Å²) >= 11 is 5.56. The molecule has 1 aliphatic heterocycles. The van der Waals surface area contributed by atoms with Gasteiger partial charge < -0.3 is 5.32 Å². The second kappa shape index (κ2) is 3.58. The van der Waals surface area contributed by atoms with E-state index in [2.05, 4.69) is 5.32 Å². The Labute approximate surface area is 86.1 Å². The Balaban J connectivity index is 2.24. The summed E-state index contributed by atoms with van der Waals surface area (Å²) in [6.07, 6.45) is 0.432. The highest BCUT2D eigenvalue weighted by molar-refractivity contribution is 6.30. The Morgan fingerprint density at radius 1 is 1.50 bits per heavy atom. The third-order valence-corrected chi connectivity index (χ3v) is 2.70. The molecule has 74 valence electrons. The molecule has 2 nitrogen and oxygen atoms in total. The van der Waals surface area contributed by atoms with Gasteiger partial charge in [0.1, 0.15) is 5.82 Å². The fourth-order valence-electron chi connectivity index (χ4n) is 1.61. The first-order valence-corrected chi connectivity index (χ1v) is 4.76. The number of carbonyl (C=O) groups excluding carboxylic acids is 1. The molecule has 4 heteroatoms. The molecule has 1 aromatic rings. The molecule has 14 heavy (non-hydrogen) atoms. The Morgan fingerprint density at radius 2 is 2.29 bits per heavy atom. The first-order chi connectivity index (χ1) is 6.66. The lowest BCUT2D eigenvalue weighted by molar-refractivity contribution is -0.119. The molecule has 1 aliphatic rings. The minimum absolute atomic E-state index is 0.0189. The molecule has 0 bridgehead atoms. The first-order valence-electron chi connectivity index (χ1n) is 4.38. The van der Waals surface area contributed by atoms with Gasteiger partial charge in [-0.25, -0.2) is 4.39 Å². The van der Waals surface area contributed by atoms with Crippen molar-refractivity contribution in [1.82, 2.24) is 5.32 Å². The Bertz CT molecular complexity index is 380. The zero-order valence-electron chi connectivity index (χ0n) is 7.39. The van der Waals surface area contributed by atoms with Gasteiger partial charge in [-0.15, -0.1) is 0 Å². The molecule has 0 aliphatic carbocycles. The molecule has 0 saturated carbocycles. The summed E-state index contributed by atoms with van der Waals surface area (Å²) in [5.74, 6) is -0.330. The van der Waals surface area contributed by atoms with E-state index in [-0.39, 0.29) is 16.8 Å². The van der Waals surface area contributed by atoms with Crippen LogP contribution in [0.2, 0.25) is 5.02 Å². The third kappa shape index (κ3) is 1.73. The van der Waals surface area contributed by atoms with Crippen molar-refractivity contribution >= 4 is 17.5 Å². The number of rotatable bonds is 1. The molecule has 1 N–H and O–H groups in total. The van der Waals surface area contributed by atoms with E-state index in [1.165, 1.54) is 12.1 Å². The topological polar surface area (TPSA) is 29.1 Å². The largest absolute Gasteiger partial charge is 0.355 e. The lowest BCUT2D eigenvalue weighted by Crippen LogP contribution is -2.13. The van der Waals surface area contributed by atoms with Gasteiger partial charge in [-0.3, -0.25) is 4.79 Å². The van der Waals surface area contributed by atoms with E-state index in [4.69, 9.17) is 11.6 Å². The van der Waals surface area contributed by atoms with Crippen molar-refractivity contribution in [3.8, 4) is 0 Å². The Morgan fingerprint density at radius 3 is 2.86 bits per heavy atom. The van der Waals surface area contributed by atoms with Crippen LogP contribution in [0.25, 0.3) is 0 Å². The SMILES string of the molecule is O=C1C[C@@H](c2ccc(Cl)c(F)c2)CN1. The minimum Gasteiger partial charge on any atom is -0.355 e. The highest BCUT2D eigenvalue weighted by Gasteiger charge is 2.23. The van der Waals surface area contributed by atoms with Crippen LogP contribution in [0.1, 0.15) is 17.9 Å². The minimum atomic E-state index is -0.427. The van der Waals surface area contributed by atoms with Crippen LogP contribution in [-0.2, 0) is 4.79 Å². The maximum absolute atomic E-state index is 13.1. The summed E-state index contributed by atoms with van der Waals surface area (Å²) in [6.45, 7) is 0.583. The van der Waals surface area contributed by atoms with Gasteiger partial charge in [-0.2, -0.15) is 0 Å². The van der Waals surface area contributed by atoms with Gasteiger partial charge in [-0.1, -0.05) is 17.7 Å². The number of hydrogen-bond donors (Lipinski definition) is 1. The highest BCUT2D eigenvalue weighted by atomic mass is 35.5. The zero-order valence-corrected chi connectivity index (χ0v) is 8.14. The van der Waals surface area contributed by atoms with E-state index in [0.717, 1.165) is 5.56 Å². The lowest BCUT2D eigenvalue weighted by Gasteiger charge is -2.07. The fraction of sp³-hybridized carbons (Fsp3) is 0.300. The van der Waals surface area contributed by atoms with Crippen molar-refractivity contribution < 1.29 is 9.18 Å². The molecule has 1 heterocycles. The summed E-state index contributed by atoms with van der Waals surface area (Å²) in [7, 11) is 0. The van der Waals surface area contributed by atoms with Crippen molar-refractivity contribution in [1.29, 1.82) is 0 Å². The Kier molecular flexibility index (Phi) is 2.42. The number of nitrogens with one attached hydrogen (secondary N) is 1. The molecular weight excluding hydrogens is 205 g/mol. The number of benzene rings is 1. The third-order valence-electron chi connectivity index (χ3n) is 2.39. The maximum atomic E-state index is 13.1. The van der Waals surface area contributed by atoms with Crippen molar-refractivity contribution in [3.05, 3.63) is 34.6 Å². The van der Waals surface area contributed by atoms with Crippen molar-refractivity contribution in [2.24, 2.45) is 0 Å². The van der Waals surface area contributed by atoms with Crippen molar-refractivity contribution in [2.45, 2.75) is 12.3 Å². The summed E-state index contributed by atoms with van der Waals surface area (Å²) in [5.41, 5.74) is 0.824. The molecule has 0 radical (unpaired) electrons. The van der Waals surface area contributed by atoms with Gasteiger partial charge in [0.25, 0.3) is 0 Å². The van der Waals surface area contributed by atoms with Crippen LogP contribution in [0.15, 0.2) is 18.2 Å². The van der Waals surface area contributed by atoms with Crippen LogP contribution in [0.5, 0.6) is 0 Å². The van der Waals surface area contributed by atoms with Crippen molar-refractivity contribution in [3.63, 3.8) is 0 Å². The summed E-state index contributed by atoms with van der Waals surface area (Å²) in [4.78, 5) is 10.9. The normalized spacial score (nSPS) is 21.0. The molecule has 1 fully saturated rings.